The fourth-order valence-corrected chi connectivity index (χ4v) is 4.42. The van der Waals surface area contributed by atoms with Gasteiger partial charge in [-0.05, 0) is 65.9 Å². The van der Waals surface area contributed by atoms with E-state index in [1.165, 1.54) is 0 Å². The Bertz CT molecular complexity index is 1250. The summed E-state index contributed by atoms with van der Waals surface area (Å²) in [5.74, 6) is 1.43. The number of rotatable bonds is 5. The van der Waals surface area contributed by atoms with Crippen molar-refractivity contribution in [1.82, 2.24) is 9.88 Å². The Labute approximate surface area is 204 Å². The lowest BCUT2D eigenvalue weighted by Crippen LogP contribution is -2.46. The number of hydrogen-bond acceptors (Lipinski definition) is 7. The van der Waals surface area contributed by atoms with Gasteiger partial charge in [-0.2, -0.15) is 0 Å². The van der Waals surface area contributed by atoms with Crippen molar-refractivity contribution in [3.63, 3.8) is 0 Å². The normalized spacial score (nSPS) is 18.5. The minimum Gasteiger partial charge on any atom is -0.494 e. The highest BCUT2D eigenvalue weighted by molar-refractivity contribution is 6.12. The summed E-state index contributed by atoms with van der Waals surface area (Å²) in [7, 11) is 0. The molecule has 0 fully saturated rings. The molecule has 0 saturated carbocycles. The molecule has 1 unspecified atom stereocenters. The molecule has 2 aliphatic rings. The number of hydrogen-bond donors (Lipinski definition) is 2. The lowest BCUT2D eigenvalue weighted by atomic mass is 9.81. The smallest absolute Gasteiger partial charge is 0.300 e. The highest BCUT2D eigenvalue weighted by Gasteiger charge is 2.49. The van der Waals surface area contributed by atoms with Crippen molar-refractivity contribution >= 4 is 17.8 Å². The maximum Gasteiger partial charge on any atom is 0.300 e. The highest BCUT2D eigenvalue weighted by Crippen LogP contribution is 2.42. The van der Waals surface area contributed by atoms with Gasteiger partial charge in [-0.15, -0.1) is 0 Å². The first-order valence-corrected chi connectivity index (χ1v) is 11.6. The molecule has 180 valence electrons. The fraction of sp³-hybridized carbons (Fsp3) is 0.259. The number of carboxylic acids is 1. The largest absolute Gasteiger partial charge is 0.494 e. The van der Waals surface area contributed by atoms with E-state index in [4.69, 9.17) is 30.4 Å². The number of benzene rings is 2. The molecule has 1 aromatic heterocycles. The second-order valence-electron chi connectivity index (χ2n) is 8.19. The minimum atomic E-state index is -0.833. The van der Waals surface area contributed by atoms with Gasteiger partial charge in [0, 0.05) is 32.4 Å². The molecule has 5 rings (SSSR count). The third kappa shape index (κ3) is 4.87. The molecule has 0 spiro atoms. The van der Waals surface area contributed by atoms with Crippen molar-refractivity contribution in [2.24, 2.45) is 15.7 Å². The minimum absolute atomic E-state index is 0.513. The molecule has 35 heavy (non-hydrogen) atoms. The van der Waals surface area contributed by atoms with E-state index < -0.39 is 11.5 Å². The van der Waals surface area contributed by atoms with Crippen LogP contribution >= 0.6 is 0 Å². The van der Waals surface area contributed by atoms with Gasteiger partial charge in [0.15, 0.2) is 11.5 Å². The van der Waals surface area contributed by atoms with Gasteiger partial charge < -0.3 is 15.6 Å². The molecular weight excluding hydrogens is 442 g/mol. The molecular formula is C27H29N5O3. The van der Waals surface area contributed by atoms with Gasteiger partial charge >= 0.3 is 0 Å². The number of carbonyl (C=O) groups is 1. The van der Waals surface area contributed by atoms with Crippen LogP contribution in [0.15, 0.2) is 83.0 Å². The number of guanidine groups is 1. The number of aromatic nitrogens is 1. The van der Waals surface area contributed by atoms with Crippen LogP contribution < -0.4 is 10.5 Å². The topological polar surface area (TPSA) is 113 Å². The fourth-order valence-electron chi connectivity index (χ4n) is 4.42. The maximum absolute atomic E-state index is 9.00. The molecule has 3 N–H and O–H groups in total. The van der Waals surface area contributed by atoms with Crippen LogP contribution in [0.3, 0.4) is 0 Å². The van der Waals surface area contributed by atoms with Gasteiger partial charge in [0.1, 0.15) is 11.6 Å². The standard InChI is InChI=1S/C25H25N5O.C2H4O2/c1-2-31-22-9-4-7-19(17-22)18-6-3-8-21(16-18)25(20-10-13-27-14-11-20)23-28-12-5-15-30(23)24(26)29-25;1-2(3)4/h3-4,6-11,13-14,16-17H,2,5,12,15H2,1H3,(H2,26,29);1H3,(H,3,4). The molecule has 8 heteroatoms. The number of ether oxygens (including phenoxy) is 1. The predicted molar refractivity (Wildman–Crippen MR) is 137 cm³/mol. The number of carboxylic acid groups (broad SMARTS) is 1. The van der Waals surface area contributed by atoms with E-state index in [0.717, 1.165) is 60.3 Å². The molecule has 0 saturated heterocycles. The number of nitrogens with two attached hydrogens (primary N) is 1. The highest BCUT2D eigenvalue weighted by atomic mass is 16.5. The Kier molecular flexibility index (Phi) is 7.10. The summed E-state index contributed by atoms with van der Waals surface area (Å²) >= 11 is 0. The SMILES string of the molecule is CC(=O)O.CCOc1cccc(-c2cccc(C3(c4ccncc4)N=C(N)N4CCCN=C43)c2)c1. The first kappa shape index (κ1) is 23.9. The average Bonchev–Trinajstić information content (AvgIpc) is 3.18. The van der Waals surface area contributed by atoms with Crippen molar-refractivity contribution in [2.45, 2.75) is 25.8 Å². The summed E-state index contributed by atoms with van der Waals surface area (Å²) in [5.41, 5.74) is 9.85. The summed E-state index contributed by atoms with van der Waals surface area (Å²) in [4.78, 5) is 25.2. The lowest BCUT2D eigenvalue weighted by Gasteiger charge is -2.33. The Morgan fingerprint density at radius 1 is 1.09 bits per heavy atom. The van der Waals surface area contributed by atoms with Gasteiger partial charge in [0.2, 0.25) is 0 Å². The third-order valence-electron chi connectivity index (χ3n) is 5.80. The Hall–Kier alpha value is -4.20. The summed E-state index contributed by atoms with van der Waals surface area (Å²) in [6.07, 6.45) is 4.56. The molecule has 0 bridgehead atoms. The van der Waals surface area contributed by atoms with E-state index in [1.54, 1.807) is 12.4 Å². The van der Waals surface area contributed by atoms with E-state index in [2.05, 4.69) is 41.4 Å². The number of amidine groups is 1. The third-order valence-corrected chi connectivity index (χ3v) is 5.80. The maximum atomic E-state index is 9.00. The summed E-state index contributed by atoms with van der Waals surface area (Å²) < 4.78 is 5.70. The quantitative estimate of drug-likeness (QED) is 0.583. The molecule has 8 nitrogen and oxygen atoms in total. The monoisotopic (exact) mass is 471 g/mol. The van der Waals surface area contributed by atoms with Crippen LogP contribution in [-0.4, -0.2) is 52.5 Å². The van der Waals surface area contributed by atoms with Crippen LogP contribution in [0.5, 0.6) is 5.75 Å². The van der Waals surface area contributed by atoms with Crippen molar-refractivity contribution in [3.05, 3.63) is 84.2 Å². The molecule has 3 aromatic rings. The molecule has 1 atom stereocenters. The molecule has 2 aliphatic heterocycles. The van der Waals surface area contributed by atoms with Crippen molar-refractivity contribution in [1.29, 1.82) is 0 Å². The number of aliphatic carboxylic acids is 1. The molecule has 0 radical (unpaired) electrons. The van der Waals surface area contributed by atoms with E-state index in [9.17, 15) is 0 Å². The lowest BCUT2D eigenvalue weighted by molar-refractivity contribution is -0.134. The summed E-state index contributed by atoms with van der Waals surface area (Å²) in [6, 6.07) is 20.6. The van der Waals surface area contributed by atoms with Crippen LogP contribution in [0.2, 0.25) is 0 Å². The Balaban J connectivity index is 0.000000672. The number of aliphatic imine (C=N–C) groups is 2. The van der Waals surface area contributed by atoms with E-state index in [-0.39, 0.29) is 0 Å². The van der Waals surface area contributed by atoms with E-state index in [1.807, 2.05) is 36.1 Å². The van der Waals surface area contributed by atoms with Crippen molar-refractivity contribution < 1.29 is 14.6 Å². The zero-order chi connectivity index (χ0) is 24.8. The molecule has 0 amide bonds. The predicted octanol–water partition coefficient (Wildman–Crippen LogP) is 3.91. The van der Waals surface area contributed by atoms with Crippen LogP contribution in [0.1, 0.15) is 31.4 Å². The zero-order valence-corrected chi connectivity index (χ0v) is 19.9. The van der Waals surface area contributed by atoms with Gasteiger partial charge in [0.25, 0.3) is 5.97 Å². The Morgan fingerprint density at radius 3 is 2.49 bits per heavy atom. The number of fused-ring (bicyclic) bond motifs is 1. The second kappa shape index (κ2) is 10.4. The summed E-state index contributed by atoms with van der Waals surface area (Å²) in [6.45, 7) is 5.32. The van der Waals surface area contributed by atoms with E-state index in [0.29, 0.717) is 12.6 Å². The van der Waals surface area contributed by atoms with Crippen molar-refractivity contribution in [2.75, 3.05) is 19.7 Å². The zero-order valence-electron chi connectivity index (χ0n) is 19.9. The van der Waals surface area contributed by atoms with Crippen LogP contribution in [0.25, 0.3) is 11.1 Å². The number of nitrogens with zero attached hydrogens (tertiary/aromatic N) is 4. The summed E-state index contributed by atoms with van der Waals surface area (Å²) in [5, 5.41) is 7.42. The first-order valence-electron chi connectivity index (χ1n) is 11.6. The van der Waals surface area contributed by atoms with Gasteiger partial charge in [-0.3, -0.25) is 19.7 Å². The van der Waals surface area contributed by atoms with Crippen molar-refractivity contribution in [3.8, 4) is 16.9 Å². The molecule has 3 heterocycles. The van der Waals surface area contributed by atoms with Gasteiger partial charge in [-0.25, -0.2) is 4.99 Å². The molecule has 0 aliphatic carbocycles. The van der Waals surface area contributed by atoms with Crippen LogP contribution in [0.4, 0.5) is 0 Å². The van der Waals surface area contributed by atoms with Gasteiger partial charge in [-0.1, -0.05) is 30.3 Å². The average molecular weight is 472 g/mol. The van der Waals surface area contributed by atoms with E-state index >= 15 is 0 Å². The molecule has 2 aromatic carbocycles. The first-order chi connectivity index (χ1) is 17.0. The second-order valence-corrected chi connectivity index (χ2v) is 8.19. The van der Waals surface area contributed by atoms with Crippen LogP contribution in [0, 0.1) is 0 Å². The van der Waals surface area contributed by atoms with Crippen LogP contribution in [-0.2, 0) is 10.3 Å². The van der Waals surface area contributed by atoms with Gasteiger partial charge in [0.05, 0.1) is 6.61 Å². The number of pyridine rings is 1. The Morgan fingerprint density at radius 2 is 1.77 bits per heavy atom.